The van der Waals surface area contributed by atoms with E-state index in [0.717, 1.165) is 17.5 Å². The van der Waals surface area contributed by atoms with Crippen LogP contribution in [0.1, 0.15) is 37.7 Å². The fourth-order valence-corrected chi connectivity index (χ4v) is 2.66. The third-order valence-electron chi connectivity index (χ3n) is 3.47. The summed E-state index contributed by atoms with van der Waals surface area (Å²) >= 11 is 6.19. The van der Waals surface area contributed by atoms with Crippen LogP contribution in [0.25, 0.3) is 22.4 Å². The molecule has 0 fully saturated rings. The first-order valence-electron chi connectivity index (χ1n) is 7.60. The van der Waals surface area contributed by atoms with Crippen molar-refractivity contribution in [3.63, 3.8) is 0 Å². The number of benzene rings is 1. The van der Waals surface area contributed by atoms with Crippen LogP contribution in [0, 0.1) is 19.7 Å². The smallest absolute Gasteiger partial charge is 0.261 e. The van der Waals surface area contributed by atoms with Crippen LogP contribution in [0.15, 0.2) is 16.7 Å². The number of rotatable bonds is 2. The minimum atomic E-state index is -0.373. The van der Waals surface area contributed by atoms with Crippen molar-refractivity contribution < 1.29 is 8.91 Å². The average Bonchev–Trinajstić information content (AvgIpc) is 2.96. The van der Waals surface area contributed by atoms with Crippen LogP contribution >= 0.6 is 11.6 Å². The van der Waals surface area contributed by atoms with Gasteiger partial charge in [-0.1, -0.05) is 37.5 Å². The highest BCUT2D eigenvalue weighted by atomic mass is 35.5. The highest BCUT2D eigenvalue weighted by molar-refractivity contribution is 6.32. The van der Waals surface area contributed by atoms with E-state index in [9.17, 15) is 4.39 Å². The third kappa shape index (κ3) is 3.20. The number of hydrogen-bond donors (Lipinski definition) is 0. The number of fused-ring (bicyclic) bond motifs is 1. The van der Waals surface area contributed by atoms with E-state index in [4.69, 9.17) is 16.1 Å². The number of hydrogen-bond acceptors (Lipinski definition) is 4. The van der Waals surface area contributed by atoms with Gasteiger partial charge in [-0.3, -0.25) is 0 Å². The van der Waals surface area contributed by atoms with Gasteiger partial charge in [0.25, 0.3) is 5.89 Å². The zero-order valence-corrected chi connectivity index (χ0v) is 14.6. The summed E-state index contributed by atoms with van der Waals surface area (Å²) in [6, 6.07) is 3.41. The lowest BCUT2D eigenvalue weighted by Crippen LogP contribution is -1.96. The van der Waals surface area contributed by atoms with Crippen molar-refractivity contribution in [3.05, 3.63) is 40.1 Å². The summed E-state index contributed by atoms with van der Waals surface area (Å²) < 4.78 is 19.3. The van der Waals surface area contributed by atoms with Gasteiger partial charge in [0.05, 0.1) is 5.56 Å². The van der Waals surface area contributed by atoms with Crippen LogP contribution in [0.4, 0.5) is 4.39 Å². The number of nitrogens with zero attached hydrogens (tertiary/aromatic N) is 3. The molecule has 2 aromatic heterocycles. The minimum absolute atomic E-state index is 0.159. The fourth-order valence-electron chi connectivity index (χ4n) is 2.35. The number of pyridine rings is 1. The highest BCUT2D eigenvalue weighted by Gasteiger charge is 2.19. The Morgan fingerprint density at radius 3 is 2.43 bits per heavy atom. The Bertz CT molecular complexity index is 845. The van der Waals surface area contributed by atoms with Gasteiger partial charge in [-0.2, -0.15) is 4.98 Å². The van der Waals surface area contributed by atoms with Gasteiger partial charge in [0.2, 0.25) is 0 Å². The molecule has 0 saturated heterocycles. The van der Waals surface area contributed by atoms with Crippen molar-refractivity contribution in [2.45, 2.75) is 41.0 Å². The Morgan fingerprint density at radius 2 is 1.87 bits per heavy atom. The molecule has 23 heavy (non-hydrogen) atoms. The lowest BCUT2D eigenvalue weighted by Gasteiger charge is -2.10. The van der Waals surface area contributed by atoms with Crippen molar-refractivity contribution in [3.8, 4) is 11.5 Å². The van der Waals surface area contributed by atoms with E-state index in [2.05, 4.69) is 15.1 Å². The molecule has 0 bridgehead atoms. The summed E-state index contributed by atoms with van der Waals surface area (Å²) in [6.45, 7) is 9.55. The van der Waals surface area contributed by atoms with Gasteiger partial charge in [-0.15, -0.1) is 0 Å². The molecular weight excluding hydrogens is 317 g/mol. The van der Waals surface area contributed by atoms with E-state index in [0.29, 0.717) is 22.7 Å². The van der Waals surface area contributed by atoms with E-state index in [1.807, 2.05) is 33.8 Å². The highest BCUT2D eigenvalue weighted by Crippen LogP contribution is 2.34. The van der Waals surface area contributed by atoms with Gasteiger partial charge in [0.1, 0.15) is 16.5 Å². The maximum Gasteiger partial charge on any atom is 0.261 e. The first kappa shape index (κ1) is 17.3. The molecule has 3 rings (SSSR count). The van der Waals surface area contributed by atoms with E-state index >= 15 is 0 Å². The normalized spacial score (nSPS) is 10.6. The molecule has 1 aromatic carbocycles. The largest absolute Gasteiger partial charge is 0.334 e. The zero-order chi connectivity index (χ0) is 17.1. The van der Waals surface area contributed by atoms with Crippen molar-refractivity contribution >= 4 is 22.5 Å². The Morgan fingerprint density at radius 1 is 1.17 bits per heavy atom. The van der Waals surface area contributed by atoms with Crippen LogP contribution in [-0.4, -0.2) is 15.1 Å². The third-order valence-corrected chi connectivity index (χ3v) is 3.74. The Hall–Kier alpha value is -2.01. The lowest BCUT2D eigenvalue weighted by molar-refractivity contribution is 0.425. The number of halogens is 2. The van der Waals surface area contributed by atoms with Gasteiger partial charge in [-0.25, -0.2) is 9.37 Å². The molecule has 0 radical (unpaired) electrons. The van der Waals surface area contributed by atoms with Gasteiger partial charge >= 0.3 is 0 Å². The number of aryl methyl sites for hydroxylation is 3. The van der Waals surface area contributed by atoms with E-state index in [1.165, 1.54) is 6.07 Å². The maximum absolute atomic E-state index is 14.2. The second-order valence-corrected chi connectivity index (χ2v) is 5.23. The van der Waals surface area contributed by atoms with Gasteiger partial charge in [0.15, 0.2) is 5.82 Å². The monoisotopic (exact) mass is 335 g/mol. The molecule has 2 heterocycles. The molecule has 0 atom stereocenters. The zero-order valence-electron chi connectivity index (χ0n) is 13.9. The van der Waals surface area contributed by atoms with Crippen LogP contribution in [-0.2, 0) is 6.42 Å². The lowest BCUT2D eigenvalue weighted by atomic mass is 10.0. The van der Waals surface area contributed by atoms with Crippen molar-refractivity contribution in [1.29, 1.82) is 0 Å². The predicted molar refractivity (Wildman–Crippen MR) is 90.2 cm³/mol. The summed E-state index contributed by atoms with van der Waals surface area (Å²) in [7, 11) is 0. The van der Waals surface area contributed by atoms with E-state index in [-0.39, 0.29) is 16.5 Å². The fraction of sp³-hybridized carbons (Fsp3) is 0.353. The van der Waals surface area contributed by atoms with Crippen molar-refractivity contribution in [1.82, 2.24) is 15.1 Å². The van der Waals surface area contributed by atoms with Gasteiger partial charge in [0, 0.05) is 5.39 Å². The molecule has 0 N–H and O–H groups in total. The topological polar surface area (TPSA) is 51.8 Å². The SMILES string of the molecule is CC.CCc1cc(F)c2nc(Cl)c(-c3nc(C)no3)c(C)c2c1. The average molecular weight is 336 g/mol. The molecular formula is C17H19ClFN3O. The van der Waals surface area contributed by atoms with E-state index < -0.39 is 0 Å². The van der Waals surface area contributed by atoms with Crippen LogP contribution in [0.3, 0.4) is 0 Å². The van der Waals surface area contributed by atoms with E-state index in [1.54, 1.807) is 6.92 Å². The van der Waals surface area contributed by atoms with Gasteiger partial charge < -0.3 is 4.52 Å². The first-order chi connectivity index (χ1) is 11.0. The quantitative estimate of drug-likeness (QED) is 0.597. The Labute approximate surface area is 139 Å². The molecule has 0 aliphatic rings. The summed E-state index contributed by atoms with van der Waals surface area (Å²) in [5.74, 6) is 0.434. The summed E-state index contributed by atoms with van der Waals surface area (Å²) in [5, 5.41) is 4.63. The van der Waals surface area contributed by atoms with Crippen LogP contribution < -0.4 is 0 Å². The van der Waals surface area contributed by atoms with Crippen LogP contribution in [0.5, 0.6) is 0 Å². The minimum Gasteiger partial charge on any atom is -0.334 e. The predicted octanol–water partition coefficient (Wildman–Crippen LogP) is 5.28. The standard InChI is InChI=1S/C15H13ClFN3O.C2H6/c1-4-9-5-10-7(2)12(15-18-8(3)20-21-15)14(16)19-13(10)11(17)6-9;1-2/h5-6H,4H2,1-3H3;1-2H3. The molecule has 0 aliphatic heterocycles. The molecule has 4 nitrogen and oxygen atoms in total. The molecule has 3 aromatic rings. The Balaban J connectivity index is 0.000000924. The molecule has 122 valence electrons. The second-order valence-electron chi connectivity index (χ2n) is 4.88. The summed E-state index contributed by atoms with van der Waals surface area (Å²) in [6.07, 6.45) is 0.740. The van der Waals surface area contributed by atoms with Gasteiger partial charge in [-0.05, 0) is 43.5 Å². The summed E-state index contributed by atoms with van der Waals surface area (Å²) in [4.78, 5) is 8.34. The molecule has 6 heteroatoms. The molecule has 0 amide bonds. The maximum atomic E-state index is 14.2. The Kier molecular flexibility index (Phi) is 5.31. The molecule has 0 unspecified atom stereocenters. The molecule has 0 spiro atoms. The first-order valence-corrected chi connectivity index (χ1v) is 7.98. The molecule has 0 saturated carbocycles. The number of aromatic nitrogens is 3. The second kappa shape index (κ2) is 7.04. The van der Waals surface area contributed by atoms with Crippen molar-refractivity contribution in [2.75, 3.05) is 0 Å². The summed E-state index contributed by atoms with van der Waals surface area (Å²) in [5.41, 5.74) is 2.50. The molecule has 0 aliphatic carbocycles. The van der Waals surface area contributed by atoms with Crippen LogP contribution in [0.2, 0.25) is 5.15 Å². The van der Waals surface area contributed by atoms with Crippen molar-refractivity contribution in [2.24, 2.45) is 0 Å².